The van der Waals surface area contributed by atoms with Crippen LogP contribution in [-0.2, 0) is 17.7 Å². The molecule has 1 heterocycles. The molecule has 6 nitrogen and oxygen atoms in total. The number of hydrogen-bond donors (Lipinski definition) is 2. The van der Waals surface area contributed by atoms with E-state index in [9.17, 15) is 9.59 Å². The molecular weight excluding hydrogens is 537 g/mol. The van der Waals surface area contributed by atoms with E-state index >= 15 is 0 Å². The smallest absolute Gasteiger partial charge is 0.407 e. The highest BCUT2D eigenvalue weighted by molar-refractivity contribution is 14.1. The Morgan fingerprint density at radius 3 is 2.61 bits per heavy atom. The van der Waals surface area contributed by atoms with Crippen LogP contribution in [0.3, 0.4) is 0 Å². The maximum atomic E-state index is 12.5. The zero-order chi connectivity index (χ0) is 20.5. The lowest BCUT2D eigenvalue weighted by molar-refractivity contribution is -0.697. The van der Waals surface area contributed by atoms with Crippen LogP contribution in [0, 0.1) is 0 Å². The Morgan fingerprint density at radius 2 is 1.96 bits per heavy atom. The SMILES string of the molecule is CCC[n+]1cc(Br)cc(C(=O)Nc2ccc(CCOC(=O)NC(C)I)cc2)c1. The van der Waals surface area contributed by atoms with Crippen LogP contribution >= 0.6 is 38.5 Å². The quantitative estimate of drug-likeness (QED) is 0.217. The number of amides is 2. The number of nitrogens with one attached hydrogen (secondary N) is 2. The molecule has 0 aliphatic carbocycles. The van der Waals surface area contributed by atoms with Crippen molar-refractivity contribution in [2.45, 2.75) is 37.3 Å². The molecule has 2 rings (SSSR count). The summed E-state index contributed by atoms with van der Waals surface area (Å²) >= 11 is 5.55. The van der Waals surface area contributed by atoms with Gasteiger partial charge in [0.15, 0.2) is 12.4 Å². The van der Waals surface area contributed by atoms with Crippen molar-refractivity contribution >= 4 is 56.2 Å². The molecule has 0 fully saturated rings. The average Bonchev–Trinajstić information content (AvgIpc) is 2.62. The van der Waals surface area contributed by atoms with Crippen molar-refractivity contribution in [1.29, 1.82) is 0 Å². The third-order valence-corrected chi connectivity index (χ3v) is 4.53. The van der Waals surface area contributed by atoms with Crippen LogP contribution in [0.4, 0.5) is 10.5 Å². The van der Waals surface area contributed by atoms with Gasteiger partial charge in [-0.1, -0.05) is 41.6 Å². The summed E-state index contributed by atoms with van der Waals surface area (Å²) in [7, 11) is 0. The molecule has 1 aromatic heterocycles. The topological polar surface area (TPSA) is 71.3 Å². The molecule has 8 heteroatoms. The van der Waals surface area contributed by atoms with E-state index in [0.29, 0.717) is 24.3 Å². The van der Waals surface area contributed by atoms with Gasteiger partial charge in [0, 0.05) is 18.5 Å². The second kappa shape index (κ2) is 11.4. The summed E-state index contributed by atoms with van der Waals surface area (Å²) in [6.45, 7) is 5.12. The fourth-order valence-corrected chi connectivity index (χ4v) is 3.30. The van der Waals surface area contributed by atoms with Crippen molar-refractivity contribution in [2.24, 2.45) is 0 Å². The molecule has 0 saturated heterocycles. The number of hydrogen-bond acceptors (Lipinski definition) is 3. The zero-order valence-electron chi connectivity index (χ0n) is 15.9. The lowest BCUT2D eigenvalue weighted by atomic mass is 10.1. The number of benzene rings is 1. The van der Waals surface area contributed by atoms with Gasteiger partial charge in [-0.3, -0.25) is 4.79 Å². The van der Waals surface area contributed by atoms with Crippen LogP contribution in [0.25, 0.3) is 0 Å². The summed E-state index contributed by atoms with van der Waals surface area (Å²) in [5.74, 6) is -0.160. The molecule has 1 atom stereocenters. The molecule has 0 aliphatic heterocycles. The summed E-state index contributed by atoms with van der Waals surface area (Å²) in [4.78, 5) is 24.0. The predicted octanol–water partition coefficient (Wildman–Crippen LogP) is 4.45. The van der Waals surface area contributed by atoms with E-state index in [4.69, 9.17) is 4.74 Å². The first kappa shape index (κ1) is 22.6. The van der Waals surface area contributed by atoms with Crippen molar-refractivity contribution in [3.63, 3.8) is 0 Å². The van der Waals surface area contributed by atoms with E-state index in [2.05, 4.69) is 56.1 Å². The molecule has 0 spiro atoms. The fourth-order valence-electron chi connectivity index (χ4n) is 2.53. The van der Waals surface area contributed by atoms with E-state index in [0.717, 1.165) is 23.0 Å². The van der Waals surface area contributed by atoms with Crippen molar-refractivity contribution in [1.82, 2.24) is 5.32 Å². The zero-order valence-corrected chi connectivity index (χ0v) is 19.6. The first-order chi connectivity index (χ1) is 13.4. The second-order valence-electron chi connectivity index (χ2n) is 6.28. The van der Waals surface area contributed by atoms with Gasteiger partial charge in [0.1, 0.15) is 12.1 Å². The number of nitrogens with zero attached hydrogens (tertiary/aromatic N) is 1. The summed E-state index contributed by atoms with van der Waals surface area (Å²) in [5, 5.41) is 5.57. The van der Waals surface area contributed by atoms with Gasteiger partial charge in [-0.15, -0.1) is 0 Å². The molecule has 150 valence electrons. The van der Waals surface area contributed by atoms with Gasteiger partial charge in [-0.2, -0.15) is 0 Å². The summed E-state index contributed by atoms with van der Waals surface area (Å²) in [6.07, 6.45) is 4.99. The molecule has 0 bridgehead atoms. The van der Waals surface area contributed by atoms with Gasteiger partial charge in [-0.25, -0.2) is 9.36 Å². The van der Waals surface area contributed by atoms with E-state index < -0.39 is 6.09 Å². The third-order valence-electron chi connectivity index (χ3n) is 3.78. The number of ether oxygens (including phenoxy) is 1. The number of carbonyl (C=O) groups excluding carboxylic acids is 2. The number of pyridine rings is 1. The van der Waals surface area contributed by atoms with Gasteiger partial charge in [0.2, 0.25) is 0 Å². The Bertz CT molecular complexity index is 813. The molecule has 2 aromatic rings. The van der Waals surface area contributed by atoms with Gasteiger partial charge in [0.25, 0.3) is 5.91 Å². The van der Waals surface area contributed by atoms with Crippen LogP contribution in [0.2, 0.25) is 0 Å². The van der Waals surface area contributed by atoms with Crippen LogP contribution in [0.1, 0.15) is 36.2 Å². The first-order valence-corrected chi connectivity index (χ1v) is 11.1. The summed E-state index contributed by atoms with van der Waals surface area (Å²) in [5.41, 5.74) is 2.33. The predicted molar refractivity (Wildman–Crippen MR) is 121 cm³/mol. The monoisotopic (exact) mass is 560 g/mol. The Kier molecular flexibility index (Phi) is 9.17. The lowest BCUT2D eigenvalue weighted by Crippen LogP contribution is -2.34. The highest BCUT2D eigenvalue weighted by Crippen LogP contribution is 2.14. The number of aromatic nitrogens is 1. The minimum absolute atomic E-state index is 0.0229. The maximum Gasteiger partial charge on any atom is 0.407 e. The number of carbonyl (C=O) groups is 2. The van der Waals surface area contributed by atoms with Crippen LogP contribution in [0.5, 0.6) is 0 Å². The van der Waals surface area contributed by atoms with Crippen LogP contribution < -0.4 is 15.2 Å². The van der Waals surface area contributed by atoms with Crippen molar-refractivity contribution in [3.05, 3.63) is 58.3 Å². The number of halogens is 2. The lowest BCUT2D eigenvalue weighted by Gasteiger charge is -2.09. The standard InChI is InChI=1S/C20H23BrIN3O3/c1-3-9-25-12-16(11-17(21)13-25)19(26)24-18-6-4-15(5-7-18)8-10-28-20(27)23-14(2)22/h4-7,11-14H,3,8-10H2,1-2H3,(H-,23,24,26,27)/p+1. The van der Waals surface area contributed by atoms with Gasteiger partial charge >= 0.3 is 6.09 Å². The molecule has 0 saturated carbocycles. The molecule has 1 aromatic carbocycles. The highest BCUT2D eigenvalue weighted by Gasteiger charge is 2.13. The summed E-state index contributed by atoms with van der Waals surface area (Å²) < 4.78 is 8.01. The van der Waals surface area contributed by atoms with Crippen LogP contribution in [-0.4, -0.2) is 22.7 Å². The minimum Gasteiger partial charge on any atom is -0.449 e. The Balaban J connectivity index is 1.90. The third kappa shape index (κ3) is 7.75. The average molecular weight is 561 g/mol. The van der Waals surface area contributed by atoms with E-state index in [-0.39, 0.29) is 9.96 Å². The van der Waals surface area contributed by atoms with Gasteiger partial charge in [-0.05, 0) is 46.6 Å². The fraction of sp³-hybridized carbons (Fsp3) is 0.350. The largest absolute Gasteiger partial charge is 0.449 e. The van der Waals surface area contributed by atoms with Crippen LogP contribution in [0.15, 0.2) is 47.2 Å². The number of rotatable bonds is 8. The molecule has 0 radical (unpaired) electrons. The van der Waals surface area contributed by atoms with E-state index in [1.807, 2.05) is 48.1 Å². The number of anilines is 1. The molecule has 1 unspecified atom stereocenters. The minimum atomic E-state index is -0.417. The van der Waals surface area contributed by atoms with E-state index in [1.54, 1.807) is 6.07 Å². The molecule has 28 heavy (non-hydrogen) atoms. The molecule has 2 N–H and O–H groups in total. The van der Waals surface area contributed by atoms with E-state index in [1.165, 1.54) is 0 Å². The van der Waals surface area contributed by atoms with Crippen molar-refractivity contribution < 1.29 is 18.9 Å². The van der Waals surface area contributed by atoms with Gasteiger partial charge in [0.05, 0.1) is 15.1 Å². The van der Waals surface area contributed by atoms with Crippen molar-refractivity contribution in [2.75, 3.05) is 11.9 Å². The first-order valence-electron chi connectivity index (χ1n) is 9.04. The number of aryl methyl sites for hydroxylation is 1. The number of alkyl carbamates (subject to hydrolysis) is 1. The molecule has 0 aliphatic rings. The second-order valence-corrected chi connectivity index (χ2v) is 9.06. The van der Waals surface area contributed by atoms with Gasteiger partial charge < -0.3 is 15.4 Å². The Labute approximate surface area is 187 Å². The molecule has 2 amide bonds. The molecular formula is C20H24BrIN3O3+. The normalized spacial score (nSPS) is 11.6. The number of alkyl halides is 1. The highest BCUT2D eigenvalue weighted by atomic mass is 127. The summed E-state index contributed by atoms with van der Waals surface area (Å²) in [6, 6.07) is 9.32. The van der Waals surface area contributed by atoms with Crippen molar-refractivity contribution in [3.8, 4) is 0 Å². The Hall–Kier alpha value is -1.68. The maximum absolute atomic E-state index is 12.5. The Morgan fingerprint density at radius 1 is 1.25 bits per heavy atom.